The highest BCUT2D eigenvalue weighted by atomic mass is 35.5. The molecule has 1 N–H and O–H groups in total. The Bertz CT molecular complexity index is 1110. The highest BCUT2D eigenvalue weighted by molar-refractivity contribution is 7.90. The minimum Gasteiger partial charge on any atom is -0.455 e. The average Bonchev–Trinajstić information content (AvgIpc) is 3.08. The molecule has 28 heavy (non-hydrogen) atoms. The van der Waals surface area contributed by atoms with Gasteiger partial charge in [0.1, 0.15) is 16.4 Å². The molecule has 0 atom stereocenters. The number of furan rings is 1. The second-order valence-electron chi connectivity index (χ2n) is 5.85. The van der Waals surface area contributed by atoms with Crippen molar-refractivity contribution in [1.29, 1.82) is 0 Å². The van der Waals surface area contributed by atoms with Gasteiger partial charge in [0.25, 0.3) is 5.91 Å². The molecule has 0 aliphatic heterocycles. The maximum Gasteiger partial charge on any atom is 0.287 e. The Kier molecular flexibility index (Phi) is 6.35. The van der Waals surface area contributed by atoms with Crippen LogP contribution in [0.15, 0.2) is 63.9 Å². The van der Waals surface area contributed by atoms with Crippen molar-refractivity contribution in [3.8, 4) is 0 Å². The summed E-state index contributed by atoms with van der Waals surface area (Å²) >= 11 is 18.0. The number of hydrogen-bond donors (Lipinski definition) is 1. The first-order valence-corrected chi connectivity index (χ1v) is 10.8. The summed E-state index contributed by atoms with van der Waals surface area (Å²) in [4.78, 5) is 12.1. The highest BCUT2D eigenvalue weighted by Crippen LogP contribution is 2.31. The van der Waals surface area contributed by atoms with Gasteiger partial charge in [-0.1, -0.05) is 59.1 Å². The highest BCUT2D eigenvalue weighted by Gasteiger charge is 2.24. The van der Waals surface area contributed by atoms with Crippen LogP contribution in [0.1, 0.15) is 21.9 Å². The third-order valence-corrected chi connectivity index (χ3v) is 6.79. The minimum atomic E-state index is -3.85. The van der Waals surface area contributed by atoms with Crippen molar-refractivity contribution in [3.05, 3.63) is 86.7 Å². The van der Waals surface area contributed by atoms with E-state index in [1.54, 1.807) is 24.3 Å². The molecule has 0 aliphatic rings. The zero-order valence-electron chi connectivity index (χ0n) is 14.3. The molecule has 1 heterocycles. The molecular weight excluding hydrogens is 445 g/mol. The van der Waals surface area contributed by atoms with Crippen LogP contribution < -0.4 is 5.32 Å². The van der Waals surface area contributed by atoms with Crippen LogP contribution in [0.25, 0.3) is 0 Å². The standard InChI is InChI=1S/C19H14Cl3NO4S/c20-14-5-2-1-4-12(14)10-23-19(24)17-9-8-13(27-17)11-28(25,26)18-15(21)6-3-7-16(18)22/h1-9H,10-11H2,(H,23,24). The van der Waals surface area contributed by atoms with Crippen molar-refractivity contribution in [2.24, 2.45) is 0 Å². The van der Waals surface area contributed by atoms with Gasteiger partial charge in [0.15, 0.2) is 15.6 Å². The summed E-state index contributed by atoms with van der Waals surface area (Å²) in [6, 6.07) is 14.4. The molecule has 3 aromatic rings. The van der Waals surface area contributed by atoms with Gasteiger partial charge >= 0.3 is 0 Å². The Labute approximate surface area is 177 Å². The van der Waals surface area contributed by atoms with Crippen LogP contribution in [0.4, 0.5) is 0 Å². The molecule has 0 saturated heterocycles. The number of carbonyl (C=O) groups is 1. The molecule has 0 radical (unpaired) electrons. The predicted octanol–water partition coefficient (Wildman–Crippen LogP) is 5.14. The van der Waals surface area contributed by atoms with Crippen LogP contribution in [0.3, 0.4) is 0 Å². The van der Waals surface area contributed by atoms with Gasteiger partial charge in [-0.3, -0.25) is 4.79 Å². The van der Waals surface area contributed by atoms with E-state index in [4.69, 9.17) is 39.2 Å². The first kappa shape index (κ1) is 20.7. The lowest BCUT2D eigenvalue weighted by molar-refractivity contribution is 0.0921. The molecule has 0 spiro atoms. The van der Waals surface area contributed by atoms with E-state index in [0.717, 1.165) is 5.56 Å². The molecule has 1 aromatic heterocycles. The number of rotatable bonds is 6. The van der Waals surface area contributed by atoms with E-state index < -0.39 is 21.5 Å². The summed E-state index contributed by atoms with van der Waals surface area (Å²) < 4.78 is 30.6. The second-order valence-corrected chi connectivity index (χ2v) is 9.00. The van der Waals surface area contributed by atoms with Crippen LogP contribution >= 0.6 is 34.8 Å². The summed E-state index contributed by atoms with van der Waals surface area (Å²) in [5, 5.41) is 3.26. The van der Waals surface area contributed by atoms with Crippen molar-refractivity contribution < 1.29 is 17.6 Å². The lowest BCUT2D eigenvalue weighted by atomic mass is 10.2. The van der Waals surface area contributed by atoms with Gasteiger partial charge in [-0.15, -0.1) is 0 Å². The Morgan fingerprint density at radius 3 is 2.21 bits per heavy atom. The number of carbonyl (C=O) groups excluding carboxylic acids is 1. The molecule has 0 unspecified atom stereocenters. The number of benzene rings is 2. The first-order valence-electron chi connectivity index (χ1n) is 8.05. The summed E-state index contributed by atoms with van der Waals surface area (Å²) in [5.74, 6) is -0.880. The summed E-state index contributed by atoms with van der Waals surface area (Å²) in [7, 11) is -3.85. The molecule has 146 valence electrons. The maximum atomic E-state index is 12.6. The number of amides is 1. The average molecular weight is 459 g/mol. The summed E-state index contributed by atoms with van der Waals surface area (Å²) in [5.41, 5.74) is 0.750. The van der Waals surface area contributed by atoms with Gasteiger partial charge in [-0.2, -0.15) is 0 Å². The molecule has 5 nitrogen and oxygen atoms in total. The van der Waals surface area contributed by atoms with Crippen molar-refractivity contribution in [1.82, 2.24) is 5.32 Å². The quantitative estimate of drug-likeness (QED) is 0.554. The van der Waals surface area contributed by atoms with Crippen LogP contribution in [-0.2, 0) is 22.1 Å². The zero-order chi connectivity index (χ0) is 20.3. The molecule has 0 fully saturated rings. The van der Waals surface area contributed by atoms with Crippen LogP contribution in [0, 0.1) is 0 Å². The van der Waals surface area contributed by atoms with E-state index in [-0.39, 0.29) is 33.0 Å². The third kappa shape index (κ3) is 4.70. The normalized spacial score (nSPS) is 11.4. The van der Waals surface area contributed by atoms with Crippen molar-refractivity contribution >= 4 is 50.5 Å². The second kappa shape index (κ2) is 8.57. The van der Waals surface area contributed by atoms with Crippen LogP contribution in [-0.4, -0.2) is 14.3 Å². The molecule has 0 bridgehead atoms. The van der Waals surface area contributed by atoms with E-state index in [1.165, 1.54) is 24.3 Å². The SMILES string of the molecule is O=C(NCc1ccccc1Cl)c1ccc(CS(=O)(=O)c2c(Cl)cccc2Cl)o1. The van der Waals surface area contributed by atoms with Gasteiger partial charge < -0.3 is 9.73 Å². The van der Waals surface area contributed by atoms with Gasteiger partial charge in [0.2, 0.25) is 0 Å². The third-order valence-electron chi connectivity index (χ3n) is 3.84. The van der Waals surface area contributed by atoms with Crippen molar-refractivity contribution in [2.75, 3.05) is 0 Å². The molecular formula is C19H14Cl3NO4S. The topological polar surface area (TPSA) is 76.4 Å². The largest absolute Gasteiger partial charge is 0.455 e. The summed E-state index contributed by atoms with van der Waals surface area (Å²) in [6.45, 7) is 0.210. The molecule has 1 amide bonds. The van der Waals surface area contributed by atoms with Crippen LogP contribution in [0.5, 0.6) is 0 Å². The zero-order valence-corrected chi connectivity index (χ0v) is 17.4. The van der Waals surface area contributed by atoms with Gasteiger partial charge in [-0.05, 0) is 35.9 Å². The predicted molar refractivity (Wildman–Crippen MR) is 109 cm³/mol. The van der Waals surface area contributed by atoms with E-state index >= 15 is 0 Å². The van der Waals surface area contributed by atoms with E-state index in [9.17, 15) is 13.2 Å². The number of halogens is 3. The van der Waals surface area contributed by atoms with E-state index in [1.807, 2.05) is 6.07 Å². The molecule has 2 aromatic carbocycles. The number of nitrogens with one attached hydrogen (secondary N) is 1. The van der Waals surface area contributed by atoms with Gasteiger partial charge in [-0.25, -0.2) is 8.42 Å². The smallest absolute Gasteiger partial charge is 0.287 e. The molecule has 0 saturated carbocycles. The first-order chi connectivity index (χ1) is 13.3. The fraction of sp³-hybridized carbons (Fsp3) is 0.105. The molecule has 0 aliphatic carbocycles. The van der Waals surface area contributed by atoms with Gasteiger partial charge in [0.05, 0.1) is 10.0 Å². The molecule has 3 rings (SSSR count). The Balaban J connectivity index is 1.71. The monoisotopic (exact) mass is 457 g/mol. The lowest BCUT2D eigenvalue weighted by Gasteiger charge is -2.07. The number of sulfone groups is 1. The lowest BCUT2D eigenvalue weighted by Crippen LogP contribution is -2.22. The fourth-order valence-corrected chi connectivity index (χ4v) is 5.23. The Morgan fingerprint density at radius 1 is 0.893 bits per heavy atom. The Hall–Kier alpha value is -1.99. The number of hydrogen-bond acceptors (Lipinski definition) is 4. The van der Waals surface area contributed by atoms with E-state index in [2.05, 4.69) is 5.32 Å². The van der Waals surface area contributed by atoms with Crippen molar-refractivity contribution in [3.63, 3.8) is 0 Å². The van der Waals surface area contributed by atoms with Gasteiger partial charge in [0, 0.05) is 11.6 Å². The summed E-state index contributed by atoms with van der Waals surface area (Å²) in [6.07, 6.45) is 0. The minimum absolute atomic E-state index is 0.0116. The van der Waals surface area contributed by atoms with Crippen molar-refractivity contribution in [2.45, 2.75) is 17.2 Å². The van der Waals surface area contributed by atoms with Crippen LogP contribution in [0.2, 0.25) is 15.1 Å². The maximum absolute atomic E-state index is 12.6. The fourth-order valence-electron chi connectivity index (χ4n) is 2.52. The molecule has 9 heteroatoms. The van der Waals surface area contributed by atoms with E-state index in [0.29, 0.717) is 5.02 Å². The Morgan fingerprint density at radius 2 is 1.54 bits per heavy atom.